The van der Waals surface area contributed by atoms with E-state index in [1.54, 1.807) is 25.7 Å². The van der Waals surface area contributed by atoms with Crippen molar-refractivity contribution >= 4 is 27.5 Å². The number of aryl methyl sites for hydroxylation is 1. The van der Waals surface area contributed by atoms with Crippen molar-refractivity contribution in [3.05, 3.63) is 26.6 Å². The molecule has 0 aliphatic rings. The standard InChI is InChI=1S/C17H24N2O5S/c1-10(2)14-18-15-12(16(20)19(14)6-7-22-4)11(3)13(25-15)17(21)24-9-8-23-5/h10H,6-9H2,1-5H3. The van der Waals surface area contributed by atoms with Crippen molar-refractivity contribution in [2.75, 3.05) is 34.0 Å². The predicted molar refractivity (Wildman–Crippen MR) is 96.7 cm³/mol. The number of rotatable bonds is 8. The van der Waals surface area contributed by atoms with Crippen LogP contribution in [0.2, 0.25) is 0 Å². The van der Waals surface area contributed by atoms with Crippen LogP contribution in [0.3, 0.4) is 0 Å². The summed E-state index contributed by atoms with van der Waals surface area (Å²) in [5, 5.41) is 0.476. The van der Waals surface area contributed by atoms with Crippen molar-refractivity contribution in [1.29, 1.82) is 0 Å². The molecule has 138 valence electrons. The van der Waals surface area contributed by atoms with E-state index in [-0.39, 0.29) is 18.1 Å². The van der Waals surface area contributed by atoms with Gasteiger partial charge >= 0.3 is 5.97 Å². The van der Waals surface area contributed by atoms with E-state index in [4.69, 9.17) is 14.2 Å². The molecule has 0 radical (unpaired) electrons. The van der Waals surface area contributed by atoms with Gasteiger partial charge in [-0.2, -0.15) is 0 Å². The summed E-state index contributed by atoms with van der Waals surface area (Å²) >= 11 is 1.20. The molecule has 2 aromatic heterocycles. The molecule has 8 heteroatoms. The molecule has 7 nitrogen and oxygen atoms in total. The molecule has 0 N–H and O–H groups in total. The lowest BCUT2D eigenvalue weighted by Gasteiger charge is -2.14. The minimum Gasteiger partial charge on any atom is -0.459 e. The third-order valence-corrected chi connectivity index (χ3v) is 4.99. The molecule has 25 heavy (non-hydrogen) atoms. The Morgan fingerprint density at radius 3 is 2.48 bits per heavy atom. The summed E-state index contributed by atoms with van der Waals surface area (Å²) in [6.07, 6.45) is 0. The summed E-state index contributed by atoms with van der Waals surface area (Å²) < 4.78 is 16.8. The average Bonchev–Trinajstić information content (AvgIpc) is 2.91. The van der Waals surface area contributed by atoms with Crippen molar-refractivity contribution in [3.8, 4) is 0 Å². The minimum absolute atomic E-state index is 0.0773. The fraction of sp³-hybridized carbons (Fsp3) is 0.588. The molecule has 0 aliphatic heterocycles. The van der Waals surface area contributed by atoms with Crippen LogP contribution in [0.25, 0.3) is 10.2 Å². The van der Waals surface area contributed by atoms with E-state index in [2.05, 4.69) is 4.98 Å². The quantitative estimate of drug-likeness (QED) is 0.526. The molecular formula is C17H24N2O5S. The summed E-state index contributed by atoms with van der Waals surface area (Å²) in [6, 6.07) is 0. The summed E-state index contributed by atoms with van der Waals surface area (Å²) in [7, 11) is 3.13. The van der Waals surface area contributed by atoms with Gasteiger partial charge in [-0.3, -0.25) is 9.36 Å². The lowest BCUT2D eigenvalue weighted by molar-refractivity contribution is 0.0393. The first-order chi connectivity index (χ1) is 11.9. The normalized spacial score (nSPS) is 11.4. The number of thiophene rings is 1. The fourth-order valence-corrected chi connectivity index (χ4v) is 3.62. The van der Waals surface area contributed by atoms with Crippen LogP contribution in [0, 0.1) is 6.92 Å². The van der Waals surface area contributed by atoms with E-state index in [9.17, 15) is 9.59 Å². The number of fused-ring (bicyclic) bond motifs is 1. The Balaban J connectivity index is 2.53. The van der Waals surface area contributed by atoms with Gasteiger partial charge in [0.1, 0.15) is 22.1 Å². The number of nitrogens with zero attached hydrogens (tertiary/aromatic N) is 2. The maximum atomic E-state index is 13.0. The van der Waals surface area contributed by atoms with Gasteiger partial charge in [-0.15, -0.1) is 11.3 Å². The average molecular weight is 368 g/mol. The number of carbonyl (C=O) groups excluding carboxylic acids is 1. The molecule has 2 heterocycles. The number of methoxy groups -OCH3 is 2. The second-order valence-electron chi connectivity index (χ2n) is 5.94. The number of aromatic nitrogens is 2. The number of esters is 1. The Morgan fingerprint density at radius 2 is 1.88 bits per heavy atom. The van der Waals surface area contributed by atoms with Gasteiger partial charge in [0, 0.05) is 20.1 Å². The minimum atomic E-state index is -0.452. The van der Waals surface area contributed by atoms with Crippen LogP contribution in [0.5, 0.6) is 0 Å². The number of hydrogen-bond acceptors (Lipinski definition) is 7. The highest BCUT2D eigenvalue weighted by atomic mass is 32.1. The lowest BCUT2D eigenvalue weighted by Crippen LogP contribution is -2.27. The molecule has 0 aromatic carbocycles. The highest BCUT2D eigenvalue weighted by molar-refractivity contribution is 7.20. The van der Waals surface area contributed by atoms with Crippen molar-refractivity contribution in [2.45, 2.75) is 33.2 Å². The second-order valence-corrected chi connectivity index (χ2v) is 6.94. The second kappa shape index (κ2) is 8.55. The topological polar surface area (TPSA) is 79.7 Å². The summed E-state index contributed by atoms with van der Waals surface area (Å²) in [5.41, 5.74) is 0.469. The van der Waals surface area contributed by atoms with E-state index in [1.165, 1.54) is 11.3 Å². The van der Waals surface area contributed by atoms with E-state index in [0.717, 1.165) is 0 Å². The summed E-state index contributed by atoms with van der Waals surface area (Å²) in [6.45, 7) is 7.07. The van der Waals surface area contributed by atoms with Crippen LogP contribution in [0.4, 0.5) is 0 Å². The largest absolute Gasteiger partial charge is 0.459 e. The SMILES string of the molecule is COCCOC(=O)c1sc2nc(C(C)C)n(CCOC)c(=O)c2c1C. The predicted octanol–water partition coefficient (Wildman–Crippen LogP) is 2.34. The smallest absolute Gasteiger partial charge is 0.348 e. The summed E-state index contributed by atoms with van der Waals surface area (Å²) in [5.74, 6) is 0.315. The first-order valence-corrected chi connectivity index (χ1v) is 8.92. The van der Waals surface area contributed by atoms with E-state index in [0.29, 0.717) is 46.2 Å². The van der Waals surface area contributed by atoms with Crippen LogP contribution in [-0.2, 0) is 20.8 Å². The van der Waals surface area contributed by atoms with Gasteiger partial charge in [0.25, 0.3) is 5.56 Å². The molecule has 0 amide bonds. The maximum Gasteiger partial charge on any atom is 0.348 e. The highest BCUT2D eigenvalue weighted by Gasteiger charge is 2.23. The molecule has 2 aromatic rings. The van der Waals surface area contributed by atoms with E-state index in [1.807, 2.05) is 13.8 Å². The molecule has 2 rings (SSSR count). The van der Waals surface area contributed by atoms with E-state index >= 15 is 0 Å². The molecular weight excluding hydrogens is 344 g/mol. The van der Waals surface area contributed by atoms with Gasteiger partial charge in [-0.05, 0) is 12.5 Å². The zero-order chi connectivity index (χ0) is 18.6. The Morgan fingerprint density at radius 1 is 1.20 bits per heavy atom. The monoisotopic (exact) mass is 368 g/mol. The van der Waals surface area contributed by atoms with Gasteiger partial charge in [-0.1, -0.05) is 13.8 Å². The third kappa shape index (κ3) is 4.08. The van der Waals surface area contributed by atoms with Crippen LogP contribution >= 0.6 is 11.3 Å². The van der Waals surface area contributed by atoms with E-state index < -0.39 is 5.97 Å². The Kier molecular flexibility index (Phi) is 6.69. The first kappa shape index (κ1) is 19.6. The Labute approximate surface area is 150 Å². The van der Waals surface area contributed by atoms with Crippen LogP contribution in [0.1, 0.15) is 40.8 Å². The molecule has 0 aliphatic carbocycles. The molecule has 0 fully saturated rings. The van der Waals surface area contributed by atoms with Gasteiger partial charge < -0.3 is 14.2 Å². The first-order valence-electron chi connectivity index (χ1n) is 8.11. The van der Waals surface area contributed by atoms with Gasteiger partial charge in [0.05, 0.1) is 25.1 Å². The van der Waals surface area contributed by atoms with Gasteiger partial charge in [0.15, 0.2) is 0 Å². The van der Waals surface area contributed by atoms with Gasteiger partial charge in [-0.25, -0.2) is 9.78 Å². The van der Waals surface area contributed by atoms with Crippen molar-refractivity contribution in [3.63, 3.8) is 0 Å². The number of ether oxygens (including phenoxy) is 3. The molecule has 0 bridgehead atoms. The Hall–Kier alpha value is -1.77. The molecule has 0 saturated carbocycles. The van der Waals surface area contributed by atoms with Crippen LogP contribution in [-0.4, -0.2) is 49.6 Å². The number of hydrogen-bond donors (Lipinski definition) is 0. The van der Waals surface area contributed by atoms with Crippen molar-refractivity contribution in [1.82, 2.24) is 9.55 Å². The Bertz CT molecular complexity index is 809. The third-order valence-electron chi connectivity index (χ3n) is 3.82. The lowest BCUT2D eigenvalue weighted by atomic mass is 10.1. The number of carbonyl (C=O) groups is 1. The zero-order valence-corrected chi connectivity index (χ0v) is 16.1. The van der Waals surface area contributed by atoms with Gasteiger partial charge in [0.2, 0.25) is 0 Å². The summed E-state index contributed by atoms with van der Waals surface area (Å²) in [4.78, 5) is 30.9. The maximum absolute atomic E-state index is 13.0. The molecule has 0 spiro atoms. The van der Waals surface area contributed by atoms with Crippen LogP contribution in [0.15, 0.2) is 4.79 Å². The fourth-order valence-electron chi connectivity index (χ4n) is 2.55. The highest BCUT2D eigenvalue weighted by Crippen LogP contribution is 2.29. The van der Waals surface area contributed by atoms with Crippen molar-refractivity contribution in [2.24, 2.45) is 0 Å². The van der Waals surface area contributed by atoms with Crippen molar-refractivity contribution < 1.29 is 19.0 Å². The molecule has 0 saturated heterocycles. The van der Waals surface area contributed by atoms with Crippen LogP contribution < -0.4 is 5.56 Å². The zero-order valence-electron chi connectivity index (χ0n) is 15.2. The molecule has 0 unspecified atom stereocenters. The molecule has 0 atom stereocenters.